The summed E-state index contributed by atoms with van der Waals surface area (Å²) >= 11 is 14.6. The van der Waals surface area contributed by atoms with Crippen molar-refractivity contribution in [2.24, 2.45) is 26.1 Å². The molecular formula is C63H82Cl3N5O12. The number of methoxy groups -OCH3 is 8. The van der Waals surface area contributed by atoms with Crippen molar-refractivity contribution in [1.82, 2.24) is 10.3 Å². The fourth-order valence-electron chi connectivity index (χ4n) is 7.47. The SMILES string of the molecule is CC(C)(C)C(=O)Cl.CCN(CC)CC.COc1cc(/C=N/N=C(\OC(=O)C(C)(C)C)C(OC)c2cccc3ccccc23)cc(OC)c1OC.COc1cc(/C=N/NC(=O)C(OC)c2cccc3ccccc23)cc(OC)c1OC.ClCCl. The molecular weight excluding hydrogens is 1130 g/mol. The first-order chi connectivity index (χ1) is 39.6. The largest absolute Gasteiger partial charge is 0.493 e. The van der Waals surface area contributed by atoms with E-state index in [2.05, 4.69) is 46.4 Å². The van der Waals surface area contributed by atoms with Gasteiger partial charge in [-0.1, -0.05) is 126 Å². The Morgan fingerprint density at radius 1 is 0.554 bits per heavy atom. The van der Waals surface area contributed by atoms with Gasteiger partial charge < -0.3 is 47.5 Å². The number of carbonyl (C=O) groups is 3. The summed E-state index contributed by atoms with van der Waals surface area (Å²) in [7, 11) is 12.2. The minimum Gasteiger partial charge on any atom is -0.493 e. The molecule has 0 bridgehead atoms. The van der Waals surface area contributed by atoms with Crippen LogP contribution in [0, 0.1) is 10.8 Å². The highest BCUT2D eigenvalue weighted by Gasteiger charge is 2.30. The van der Waals surface area contributed by atoms with Crippen LogP contribution in [0.3, 0.4) is 0 Å². The summed E-state index contributed by atoms with van der Waals surface area (Å²) in [6.07, 6.45) is 1.44. The number of hydrazone groups is 1. The van der Waals surface area contributed by atoms with E-state index in [1.165, 1.54) is 88.9 Å². The molecule has 0 fully saturated rings. The summed E-state index contributed by atoms with van der Waals surface area (Å²) in [6.45, 7) is 20.8. The lowest BCUT2D eigenvalue weighted by Gasteiger charge is -2.22. The van der Waals surface area contributed by atoms with Gasteiger partial charge in [0.05, 0.1) is 65.8 Å². The Morgan fingerprint density at radius 3 is 1.27 bits per heavy atom. The first-order valence-electron chi connectivity index (χ1n) is 26.4. The van der Waals surface area contributed by atoms with Crippen LogP contribution in [0.15, 0.2) is 124 Å². The van der Waals surface area contributed by atoms with Crippen LogP contribution >= 0.6 is 34.8 Å². The van der Waals surface area contributed by atoms with E-state index in [9.17, 15) is 14.4 Å². The summed E-state index contributed by atoms with van der Waals surface area (Å²) in [6, 6.07) is 34.3. The molecule has 0 spiro atoms. The van der Waals surface area contributed by atoms with Crippen molar-refractivity contribution >= 4 is 91.8 Å². The van der Waals surface area contributed by atoms with E-state index in [1.54, 1.807) is 65.8 Å². The highest BCUT2D eigenvalue weighted by molar-refractivity contribution is 6.64. The van der Waals surface area contributed by atoms with Crippen LogP contribution in [0.4, 0.5) is 0 Å². The molecule has 2 atom stereocenters. The quantitative estimate of drug-likeness (QED) is 0.0202. The van der Waals surface area contributed by atoms with Crippen molar-refractivity contribution < 1.29 is 57.0 Å². The van der Waals surface area contributed by atoms with Crippen LogP contribution < -0.4 is 33.8 Å². The van der Waals surface area contributed by atoms with Crippen molar-refractivity contribution in [2.45, 2.75) is 74.5 Å². The van der Waals surface area contributed by atoms with Crippen LogP contribution in [0.2, 0.25) is 0 Å². The number of benzene rings is 6. The Labute approximate surface area is 505 Å². The molecule has 0 radical (unpaired) electrons. The number of ether oxygens (including phenoxy) is 9. The van der Waals surface area contributed by atoms with Gasteiger partial charge in [-0.2, -0.15) is 10.2 Å². The second-order valence-electron chi connectivity index (χ2n) is 19.6. The van der Waals surface area contributed by atoms with Crippen LogP contribution in [0.5, 0.6) is 34.5 Å². The molecule has 0 saturated carbocycles. The first kappa shape index (κ1) is 72.1. The molecule has 83 heavy (non-hydrogen) atoms. The van der Waals surface area contributed by atoms with E-state index in [0.717, 1.165) is 32.7 Å². The van der Waals surface area contributed by atoms with Gasteiger partial charge in [0.2, 0.25) is 16.7 Å². The number of esters is 1. The first-order valence-corrected chi connectivity index (χ1v) is 27.8. The molecule has 0 heterocycles. The second-order valence-corrected chi connectivity index (χ2v) is 20.7. The molecule has 0 aliphatic carbocycles. The Bertz CT molecular complexity index is 3000. The van der Waals surface area contributed by atoms with E-state index in [0.29, 0.717) is 45.6 Å². The number of nitrogens with zero attached hydrogens (tertiary/aromatic N) is 4. The Morgan fingerprint density at radius 2 is 0.928 bits per heavy atom. The monoisotopic (exact) mass is 1210 g/mol. The van der Waals surface area contributed by atoms with Crippen molar-refractivity contribution in [2.75, 3.05) is 81.9 Å². The number of hydrogen-bond acceptors (Lipinski definition) is 16. The van der Waals surface area contributed by atoms with Gasteiger partial charge in [-0.15, -0.1) is 28.3 Å². The highest BCUT2D eigenvalue weighted by Crippen LogP contribution is 2.39. The molecule has 1 amide bonds. The predicted octanol–water partition coefficient (Wildman–Crippen LogP) is 13.8. The Kier molecular flexibility index (Phi) is 32.4. The summed E-state index contributed by atoms with van der Waals surface area (Å²) < 4.78 is 49.1. The van der Waals surface area contributed by atoms with E-state index < -0.39 is 23.6 Å². The van der Waals surface area contributed by atoms with Gasteiger partial charge in [-0.05, 0) is 109 Å². The molecule has 2 unspecified atom stereocenters. The van der Waals surface area contributed by atoms with E-state index in [-0.39, 0.29) is 27.8 Å². The average molecular weight is 1210 g/mol. The average Bonchev–Trinajstić information content (AvgIpc) is 3.61. The normalized spacial score (nSPS) is 12.0. The van der Waals surface area contributed by atoms with Gasteiger partial charge in [0.1, 0.15) is 0 Å². The molecule has 0 aliphatic rings. The lowest BCUT2D eigenvalue weighted by atomic mass is 9.97. The molecule has 6 rings (SSSR count). The number of alkyl halides is 2. The number of rotatable bonds is 19. The lowest BCUT2D eigenvalue weighted by Crippen LogP contribution is -2.29. The van der Waals surface area contributed by atoms with Crippen molar-refractivity contribution in [3.8, 4) is 34.5 Å². The van der Waals surface area contributed by atoms with E-state index >= 15 is 0 Å². The summed E-state index contributed by atoms with van der Waals surface area (Å²) in [5.74, 6) is 2.10. The van der Waals surface area contributed by atoms with Gasteiger partial charge in [0, 0.05) is 30.8 Å². The minimum atomic E-state index is -0.798. The third-order valence-electron chi connectivity index (χ3n) is 12.0. The maximum atomic E-state index is 12.8. The van der Waals surface area contributed by atoms with Crippen LogP contribution in [-0.2, 0) is 28.6 Å². The molecule has 20 heteroatoms. The minimum absolute atomic E-state index is 0.0254. The zero-order valence-corrected chi connectivity index (χ0v) is 53.1. The highest BCUT2D eigenvalue weighted by atomic mass is 35.5. The van der Waals surface area contributed by atoms with Gasteiger partial charge in [0.25, 0.3) is 11.8 Å². The molecule has 1 N–H and O–H groups in total. The smallest absolute Gasteiger partial charge is 0.317 e. The number of hydrogen-bond donors (Lipinski definition) is 1. The van der Waals surface area contributed by atoms with Crippen LogP contribution in [0.1, 0.15) is 96.8 Å². The van der Waals surface area contributed by atoms with Crippen LogP contribution in [0.25, 0.3) is 21.5 Å². The molecule has 452 valence electrons. The molecule has 17 nitrogen and oxygen atoms in total. The van der Waals surface area contributed by atoms with E-state index in [4.69, 9.17) is 77.4 Å². The predicted molar refractivity (Wildman–Crippen MR) is 336 cm³/mol. The number of halogens is 3. The number of carbonyl (C=O) groups excluding carboxylic acids is 3. The summed E-state index contributed by atoms with van der Waals surface area (Å²) in [5, 5.41) is 16.4. The van der Waals surface area contributed by atoms with Gasteiger partial charge in [-0.25, -0.2) is 5.43 Å². The van der Waals surface area contributed by atoms with Gasteiger partial charge in [-0.3, -0.25) is 14.4 Å². The number of nitrogens with one attached hydrogen (secondary N) is 1. The molecule has 0 aromatic heterocycles. The second kappa shape index (κ2) is 37.3. The maximum Gasteiger partial charge on any atom is 0.317 e. The zero-order chi connectivity index (χ0) is 62.3. The van der Waals surface area contributed by atoms with Gasteiger partial charge >= 0.3 is 5.97 Å². The number of amides is 1. The summed E-state index contributed by atoms with van der Waals surface area (Å²) in [4.78, 5) is 38.1. The van der Waals surface area contributed by atoms with E-state index in [1.807, 2.05) is 84.9 Å². The van der Waals surface area contributed by atoms with Crippen molar-refractivity contribution in [1.29, 1.82) is 0 Å². The zero-order valence-electron chi connectivity index (χ0n) is 50.9. The topological polar surface area (TPSA) is 187 Å². The maximum absolute atomic E-state index is 12.8. The summed E-state index contributed by atoms with van der Waals surface area (Å²) in [5.41, 5.74) is 4.31. The Balaban J connectivity index is 0.000000447. The third kappa shape index (κ3) is 22.6. The third-order valence-corrected chi connectivity index (χ3v) is 12.6. The lowest BCUT2D eigenvalue weighted by molar-refractivity contribution is -0.145. The molecule has 6 aromatic rings. The Hall–Kier alpha value is -6.99. The van der Waals surface area contributed by atoms with Crippen molar-refractivity contribution in [3.63, 3.8) is 0 Å². The number of fused-ring (bicyclic) bond motifs is 2. The fraction of sp³-hybridized carbons (Fsp3) is 0.397. The van der Waals surface area contributed by atoms with Crippen molar-refractivity contribution in [3.05, 3.63) is 131 Å². The molecule has 6 aromatic carbocycles. The van der Waals surface area contributed by atoms with Crippen LogP contribution in [-0.4, -0.2) is 122 Å². The molecule has 0 saturated heterocycles. The fourth-order valence-corrected chi connectivity index (χ4v) is 7.47. The van der Waals surface area contributed by atoms with Gasteiger partial charge in [0.15, 0.2) is 35.2 Å². The molecule has 0 aliphatic heterocycles. The standard InChI is InChI=1S/C28H32N2O6.C23H24N2O5.C6H15N.C5H9ClO.CH2Cl2/c1-28(2,3)27(31)36-26(24(34-6)21-14-10-12-19-11-8-9-13-20(19)21)30-29-17-18-15-22(32-4)25(35-7)23(16-18)33-5;1-27-19-12-15(13-20(28-2)22(19)30-4)14-24-25-23(26)21(29-3)18-11-7-9-16-8-5-6-10-17(16)18;1-4-7(5-2)6-3;1-5(2,3)4(6)7;2-1-3/h8-17,24H,1-7H3;5-14,21H,1-4H3,(H,25,26);4-6H2,1-3H3;1-3H3;1H2/b29-17+,30-26-;24-14+;;;.